The predicted octanol–water partition coefficient (Wildman–Crippen LogP) is 5.75. The van der Waals surface area contributed by atoms with Gasteiger partial charge in [-0.3, -0.25) is 9.59 Å². The molecule has 1 heterocycles. The lowest BCUT2D eigenvalue weighted by Crippen LogP contribution is -2.45. The largest absolute Gasteiger partial charge is 0.354 e. The van der Waals surface area contributed by atoms with E-state index in [1.807, 2.05) is 43.3 Å². The molecule has 0 saturated carbocycles. The van der Waals surface area contributed by atoms with E-state index in [1.165, 1.54) is 12.1 Å². The van der Waals surface area contributed by atoms with Crippen LogP contribution in [0, 0.1) is 12.7 Å². The van der Waals surface area contributed by atoms with Crippen LogP contribution in [0.1, 0.15) is 46.3 Å². The van der Waals surface area contributed by atoms with Crippen molar-refractivity contribution in [1.82, 2.24) is 10.6 Å². The highest BCUT2D eigenvalue weighted by Crippen LogP contribution is 2.37. The molecule has 4 rings (SSSR count). The first-order chi connectivity index (χ1) is 16.4. The monoisotopic (exact) mass is 474 g/mol. The van der Waals surface area contributed by atoms with E-state index in [9.17, 15) is 14.0 Å². The summed E-state index contributed by atoms with van der Waals surface area (Å²) in [6.45, 7) is 6.86. The molecule has 1 fully saturated rings. The Balaban J connectivity index is 1.51. The number of nitrogens with one attached hydrogen (secondary N) is 2. The van der Waals surface area contributed by atoms with Gasteiger partial charge in [0.2, 0.25) is 5.91 Å². The van der Waals surface area contributed by atoms with E-state index in [2.05, 4.69) is 17.2 Å². The summed E-state index contributed by atoms with van der Waals surface area (Å²) in [6, 6.07) is 19.4. The van der Waals surface area contributed by atoms with E-state index >= 15 is 0 Å². The highest BCUT2D eigenvalue weighted by Gasteiger charge is 2.23. The lowest BCUT2D eigenvalue weighted by molar-refractivity contribution is -0.122. The van der Waals surface area contributed by atoms with Gasteiger partial charge in [-0.1, -0.05) is 48.7 Å². The third kappa shape index (κ3) is 5.57. The number of hydrogen-bond donors (Lipinski definition) is 2. The van der Waals surface area contributed by atoms with E-state index in [0.717, 1.165) is 44.9 Å². The van der Waals surface area contributed by atoms with Gasteiger partial charge >= 0.3 is 0 Å². The van der Waals surface area contributed by atoms with Gasteiger partial charge in [0.25, 0.3) is 5.91 Å². The Labute approximate surface area is 203 Å². The summed E-state index contributed by atoms with van der Waals surface area (Å²) in [5, 5.41) is 5.72. The second-order valence-corrected chi connectivity index (χ2v) is 9.46. The number of aryl methyl sites for hydroxylation is 1. The van der Waals surface area contributed by atoms with Crippen LogP contribution in [0.3, 0.4) is 0 Å². The standard InChI is InChI=1S/C28H27FN2O2S/c1-18-17-21(27(32)31-24-8-5-6-16-30-28(24)33)12-15-25(18)34-26-9-4-3-7-23(26)19(2)20-10-13-22(29)14-11-20/h3-4,7,9-15,17,24H,2,5-6,8,16H2,1H3,(H,30,33)(H,31,32). The second-order valence-electron chi connectivity index (χ2n) is 8.38. The minimum atomic E-state index is -0.492. The Morgan fingerprint density at radius 1 is 1.03 bits per heavy atom. The molecular formula is C28H27FN2O2S. The summed E-state index contributed by atoms with van der Waals surface area (Å²) in [7, 11) is 0. The third-order valence-electron chi connectivity index (χ3n) is 5.90. The van der Waals surface area contributed by atoms with Gasteiger partial charge in [0.05, 0.1) is 0 Å². The van der Waals surface area contributed by atoms with Gasteiger partial charge in [-0.05, 0) is 84.8 Å². The first kappa shape index (κ1) is 23.8. The Morgan fingerprint density at radius 3 is 2.53 bits per heavy atom. The van der Waals surface area contributed by atoms with E-state index in [1.54, 1.807) is 30.0 Å². The zero-order valence-electron chi connectivity index (χ0n) is 19.1. The van der Waals surface area contributed by atoms with Crippen molar-refractivity contribution in [3.05, 3.63) is 101 Å². The molecule has 1 saturated heterocycles. The fraction of sp³-hybridized carbons (Fsp3) is 0.214. The molecular weight excluding hydrogens is 447 g/mol. The van der Waals surface area contributed by atoms with Gasteiger partial charge in [-0.2, -0.15) is 0 Å². The van der Waals surface area contributed by atoms with Crippen LogP contribution in [0.25, 0.3) is 5.57 Å². The van der Waals surface area contributed by atoms with Crippen LogP contribution in [-0.2, 0) is 4.79 Å². The fourth-order valence-corrected chi connectivity index (χ4v) is 4.99. The van der Waals surface area contributed by atoms with Crippen molar-refractivity contribution >= 4 is 29.1 Å². The molecule has 34 heavy (non-hydrogen) atoms. The quantitative estimate of drug-likeness (QED) is 0.479. The molecule has 0 spiro atoms. The first-order valence-corrected chi connectivity index (χ1v) is 12.2. The van der Waals surface area contributed by atoms with Gasteiger partial charge in [0.1, 0.15) is 11.9 Å². The molecule has 3 aromatic carbocycles. The zero-order valence-corrected chi connectivity index (χ0v) is 19.9. The minimum Gasteiger partial charge on any atom is -0.354 e. The average Bonchev–Trinajstić information content (AvgIpc) is 3.04. The maximum absolute atomic E-state index is 13.3. The topological polar surface area (TPSA) is 58.2 Å². The van der Waals surface area contributed by atoms with Crippen molar-refractivity contribution in [1.29, 1.82) is 0 Å². The number of amides is 2. The van der Waals surface area contributed by atoms with Crippen molar-refractivity contribution in [3.8, 4) is 0 Å². The molecule has 2 N–H and O–H groups in total. The van der Waals surface area contributed by atoms with Gasteiger partial charge in [-0.25, -0.2) is 4.39 Å². The van der Waals surface area contributed by atoms with Crippen LogP contribution in [0.2, 0.25) is 0 Å². The van der Waals surface area contributed by atoms with Crippen LogP contribution in [0.5, 0.6) is 0 Å². The number of halogens is 1. The number of carbonyl (C=O) groups excluding carboxylic acids is 2. The van der Waals surface area contributed by atoms with E-state index in [4.69, 9.17) is 0 Å². The molecule has 174 valence electrons. The fourth-order valence-electron chi connectivity index (χ4n) is 3.95. The van der Waals surface area contributed by atoms with Gasteiger partial charge in [0.15, 0.2) is 0 Å². The summed E-state index contributed by atoms with van der Waals surface area (Å²) in [4.78, 5) is 27.0. The Bertz CT molecular complexity index is 1220. The molecule has 0 bridgehead atoms. The van der Waals surface area contributed by atoms with Crippen LogP contribution >= 0.6 is 11.8 Å². The summed E-state index contributed by atoms with van der Waals surface area (Å²) in [5.41, 5.74) is 4.15. The van der Waals surface area contributed by atoms with Crippen LogP contribution in [-0.4, -0.2) is 24.4 Å². The summed E-state index contributed by atoms with van der Waals surface area (Å²) >= 11 is 1.60. The normalized spacial score (nSPS) is 15.8. The van der Waals surface area contributed by atoms with Crippen molar-refractivity contribution < 1.29 is 14.0 Å². The van der Waals surface area contributed by atoms with Gasteiger partial charge in [-0.15, -0.1) is 0 Å². The molecule has 1 aliphatic heterocycles. The molecule has 6 heteroatoms. The van der Waals surface area contributed by atoms with Crippen molar-refractivity contribution in [2.45, 2.75) is 42.0 Å². The molecule has 3 aromatic rings. The van der Waals surface area contributed by atoms with Crippen molar-refractivity contribution in [3.63, 3.8) is 0 Å². The Kier molecular flexibility index (Phi) is 7.48. The number of carbonyl (C=O) groups is 2. The Morgan fingerprint density at radius 2 is 1.76 bits per heavy atom. The molecule has 1 aliphatic rings. The highest BCUT2D eigenvalue weighted by molar-refractivity contribution is 7.99. The SMILES string of the molecule is C=C(c1ccc(F)cc1)c1ccccc1Sc1ccc(C(=O)NC2CCCCNC2=O)cc1C. The maximum Gasteiger partial charge on any atom is 0.251 e. The number of benzene rings is 3. The summed E-state index contributed by atoms with van der Waals surface area (Å²) < 4.78 is 13.3. The van der Waals surface area contributed by atoms with Crippen molar-refractivity contribution in [2.75, 3.05) is 6.54 Å². The smallest absolute Gasteiger partial charge is 0.251 e. The molecule has 1 unspecified atom stereocenters. The number of hydrogen-bond acceptors (Lipinski definition) is 3. The molecule has 0 aromatic heterocycles. The Hall–Kier alpha value is -3.38. The predicted molar refractivity (Wildman–Crippen MR) is 134 cm³/mol. The van der Waals surface area contributed by atoms with Crippen LogP contribution < -0.4 is 10.6 Å². The number of rotatable bonds is 6. The first-order valence-electron chi connectivity index (χ1n) is 11.3. The summed E-state index contributed by atoms with van der Waals surface area (Å²) in [5.74, 6) is -0.641. The zero-order chi connectivity index (χ0) is 24.1. The third-order valence-corrected chi connectivity index (χ3v) is 7.16. The minimum absolute atomic E-state index is 0.118. The molecule has 2 amide bonds. The van der Waals surface area contributed by atoms with E-state index in [-0.39, 0.29) is 17.6 Å². The molecule has 1 atom stereocenters. The maximum atomic E-state index is 13.3. The second kappa shape index (κ2) is 10.7. The molecule has 4 nitrogen and oxygen atoms in total. The average molecular weight is 475 g/mol. The van der Waals surface area contributed by atoms with Gasteiger partial charge < -0.3 is 10.6 Å². The molecule has 0 radical (unpaired) electrons. The highest BCUT2D eigenvalue weighted by atomic mass is 32.2. The van der Waals surface area contributed by atoms with E-state index < -0.39 is 6.04 Å². The van der Waals surface area contributed by atoms with Gasteiger partial charge in [0, 0.05) is 21.9 Å². The lowest BCUT2D eigenvalue weighted by atomic mass is 10.00. The van der Waals surface area contributed by atoms with E-state index in [0.29, 0.717) is 18.5 Å². The van der Waals surface area contributed by atoms with Crippen molar-refractivity contribution in [2.24, 2.45) is 0 Å². The lowest BCUT2D eigenvalue weighted by Gasteiger charge is -2.16. The summed E-state index contributed by atoms with van der Waals surface area (Å²) in [6.07, 6.45) is 2.48. The molecule has 0 aliphatic carbocycles. The van der Waals surface area contributed by atoms with Crippen LogP contribution in [0.15, 0.2) is 83.1 Å². The van der Waals surface area contributed by atoms with Crippen LogP contribution in [0.4, 0.5) is 4.39 Å².